The van der Waals surface area contributed by atoms with Gasteiger partial charge in [0.25, 0.3) is 0 Å². The predicted molar refractivity (Wildman–Crippen MR) is 115 cm³/mol. The van der Waals surface area contributed by atoms with Crippen LogP contribution in [0.4, 0.5) is 5.69 Å². The van der Waals surface area contributed by atoms with Gasteiger partial charge in [0.05, 0.1) is 14.2 Å². The van der Waals surface area contributed by atoms with Gasteiger partial charge < -0.3 is 14.8 Å². The molecule has 1 amide bonds. The van der Waals surface area contributed by atoms with E-state index in [-0.39, 0.29) is 11.8 Å². The first-order valence-corrected chi connectivity index (χ1v) is 9.71. The van der Waals surface area contributed by atoms with Crippen LogP contribution in [0.1, 0.15) is 23.5 Å². The van der Waals surface area contributed by atoms with E-state index in [1.165, 1.54) is 0 Å². The molecule has 0 spiro atoms. The summed E-state index contributed by atoms with van der Waals surface area (Å²) in [5.74, 6) is 1.46. The number of halogens is 1. The van der Waals surface area contributed by atoms with Crippen LogP contribution in [-0.4, -0.2) is 20.1 Å². The summed E-state index contributed by atoms with van der Waals surface area (Å²) in [6, 6.07) is 23.2. The van der Waals surface area contributed by atoms with E-state index < -0.39 is 0 Å². The van der Waals surface area contributed by atoms with Crippen LogP contribution in [-0.2, 0) is 4.79 Å². The minimum atomic E-state index is -0.0766. The largest absolute Gasteiger partial charge is 0.497 e. The number of amides is 1. The monoisotopic (exact) mass is 439 g/mol. The molecule has 0 atom stereocenters. The number of rotatable bonds is 7. The Kier molecular flexibility index (Phi) is 6.71. The number of carbonyl (C=O) groups is 1. The predicted octanol–water partition coefficient (Wildman–Crippen LogP) is 5.63. The molecule has 5 heteroatoms. The summed E-state index contributed by atoms with van der Waals surface area (Å²) in [5.41, 5.74) is 2.88. The van der Waals surface area contributed by atoms with Crippen molar-refractivity contribution in [2.75, 3.05) is 19.5 Å². The van der Waals surface area contributed by atoms with Crippen molar-refractivity contribution < 1.29 is 14.3 Å². The number of hydrogen-bond acceptors (Lipinski definition) is 3. The summed E-state index contributed by atoms with van der Waals surface area (Å²) < 4.78 is 11.5. The lowest BCUT2D eigenvalue weighted by Gasteiger charge is -2.19. The van der Waals surface area contributed by atoms with Crippen LogP contribution in [0, 0.1) is 0 Å². The fraction of sp³-hybridized carbons (Fsp3) is 0.174. The average molecular weight is 440 g/mol. The molecule has 3 aromatic rings. The maximum absolute atomic E-state index is 12.7. The van der Waals surface area contributed by atoms with E-state index in [1.54, 1.807) is 14.2 Å². The van der Waals surface area contributed by atoms with Crippen molar-refractivity contribution in [2.45, 2.75) is 12.3 Å². The number of benzene rings is 3. The molecule has 1 N–H and O–H groups in total. The zero-order valence-electron chi connectivity index (χ0n) is 15.8. The summed E-state index contributed by atoms with van der Waals surface area (Å²) in [4.78, 5) is 12.7. The second kappa shape index (κ2) is 9.42. The van der Waals surface area contributed by atoms with Crippen molar-refractivity contribution in [1.29, 1.82) is 0 Å². The molecule has 0 aliphatic heterocycles. The van der Waals surface area contributed by atoms with Gasteiger partial charge in [0.1, 0.15) is 11.5 Å². The maximum Gasteiger partial charge on any atom is 0.225 e. The van der Waals surface area contributed by atoms with Crippen molar-refractivity contribution in [3.63, 3.8) is 0 Å². The van der Waals surface area contributed by atoms with Crippen LogP contribution in [0.25, 0.3) is 0 Å². The number of hydrogen-bond donors (Lipinski definition) is 1. The number of nitrogens with one attached hydrogen (secondary N) is 1. The van der Waals surface area contributed by atoms with E-state index in [1.807, 2.05) is 72.8 Å². The molecule has 3 rings (SSSR count). The molecule has 0 unspecified atom stereocenters. The van der Waals surface area contributed by atoms with Gasteiger partial charge >= 0.3 is 0 Å². The zero-order chi connectivity index (χ0) is 19.9. The molecule has 0 radical (unpaired) electrons. The van der Waals surface area contributed by atoms with Crippen molar-refractivity contribution in [1.82, 2.24) is 0 Å². The summed E-state index contributed by atoms with van der Waals surface area (Å²) in [6.45, 7) is 0. The minimum Gasteiger partial charge on any atom is -0.497 e. The highest BCUT2D eigenvalue weighted by Gasteiger charge is 2.19. The van der Waals surface area contributed by atoms with Crippen LogP contribution in [0.5, 0.6) is 11.5 Å². The molecule has 0 saturated carbocycles. The van der Waals surface area contributed by atoms with Crippen LogP contribution in [0.3, 0.4) is 0 Å². The highest BCUT2D eigenvalue weighted by atomic mass is 79.9. The first-order valence-electron chi connectivity index (χ1n) is 8.92. The first kappa shape index (κ1) is 20.0. The Hall–Kier alpha value is -2.79. The van der Waals surface area contributed by atoms with Crippen LogP contribution < -0.4 is 14.8 Å². The summed E-state index contributed by atoms with van der Waals surface area (Å²) in [7, 11) is 3.28. The number of ether oxygens (including phenoxy) is 2. The molecule has 0 fully saturated rings. The number of carbonyl (C=O) groups excluding carboxylic acids is 1. The first-order chi connectivity index (χ1) is 13.6. The normalized spacial score (nSPS) is 10.6. The third-order valence-electron chi connectivity index (χ3n) is 4.55. The summed E-state index contributed by atoms with van der Waals surface area (Å²) >= 11 is 3.40. The van der Waals surface area contributed by atoms with Gasteiger partial charge in [-0.2, -0.15) is 0 Å². The van der Waals surface area contributed by atoms with Crippen molar-refractivity contribution >= 4 is 27.5 Å². The fourth-order valence-electron chi connectivity index (χ4n) is 3.03. The van der Waals surface area contributed by atoms with Gasteiger partial charge in [0, 0.05) is 22.5 Å². The average Bonchev–Trinajstić information content (AvgIpc) is 2.74. The SMILES string of the molecule is COc1ccc(C(CC(=O)Nc2ccc(Br)cc2)c2ccc(OC)cc2)cc1. The number of anilines is 1. The molecule has 0 aliphatic carbocycles. The van der Waals surface area contributed by atoms with Crippen LogP contribution >= 0.6 is 15.9 Å². The van der Waals surface area contributed by atoms with Gasteiger partial charge in [-0.15, -0.1) is 0 Å². The van der Waals surface area contributed by atoms with Gasteiger partial charge in [-0.05, 0) is 59.7 Å². The standard InChI is InChI=1S/C23H22BrNO3/c1-27-20-11-3-16(4-12-20)22(17-5-13-21(28-2)14-6-17)15-23(26)25-19-9-7-18(24)8-10-19/h3-14,22H,15H2,1-2H3,(H,25,26). The van der Waals surface area contributed by atoms with Gasteiger partial charge in [0.2, 0.25) is 5.91 Å². The second-order valence-corrected chi connectivity index (χ2v) is 7.27. The van der Waals surface area contributed by atoms with Crippen molar-refractivity contribution in [3.8, 4) is 11.5 Å². The molecule has 28 heavy (non-hydrogen) atoms. The Morgan fingerprint density at radius 2 is 1.29 bits per heavy atom. The Morgan fingerprint density at radius 3 is 1.71 bits per heavy atom. The molecule has 4 nitrogen and oxygen atoms in total. The molecule has 0 bridgehead atoms. The lowest BCUT2D eigenvalue weighted by Crippen LogP contribution is -2.16. The molecule has 0 heterocycles. The highest BCUT2D eigenvalue weighted by Crippen LogP contribution is 2.31. The Morgan fingerprint density at radius 1 is 0.821 bits per heavy atom. The molecular formula is C23H22BrNO3. The molecule has 144 valence electrons. The van der Waals surface area contributed by atoms with Gasteiger partial charge in [0.15, 0.2) is 0 Å². The third-order valence-corrected chi connectivity index (χ3v) is 5.08. The van der Waals surface area contributed by atoms with E-state index in [0.717, 1.165) is 32.8 Å². The highest BCUT2D eigenvalue weighted by molar-refractivity contribution is 9.10. The molecule has 0 aliphatic rings. The topological polar surface area (TPSA) is 47.6 Å². The van der Waals surface area contributed by atoms with Crippen molar-refractivity contribution in [2.24, 2.45) is 0 Å². The second-order valence-electron chi connectivity index (χ2n) is 6.36. The number of methoxy groups -OCH3 is 2. The van der Waals surface area contributed by atoms with Crippen LogP contribution in [0.15, 0.2) is 77.3 Å². The molecule has 3 aromatic carbocycles. The zero-order valence-corrected chi connectivity index (χ0v) is 17.4. The Bertz CT molecular complexity index is 859. The van der Waals surface area contributed by atoms with E-state index >= 15 is 0 Å². The minimum absolute atomic E-state index is 0.0426. The Labute approximate surface area is 173 Å². The fourth-order valence-corrected chi connectivity index (χ4v) is 3.30. The van der Waals surface area contributed by atoms with Gasteiger partial charge in [-0.1, -0.05) is 40.2 Å². The van der Waals surface area contributed by atoms with E-state index in [9.17, 15) is 4.79 Å². The molecular weight excluding hydrogens is 418 g/mol. The van der Waals surface area contributed by atoms with Gasteiger partial charge in [-0.3, -0.25) is 4.79 Å². The van der Waals surface area contributed by atoms with E-state index in [4.69, 9.17) is 9.47 Å². The Balaban J connectivity index is 1.83. The summed E-state index contributed by atoms with van der Waals surface area (Å²) in [5, 5.41) is 2.98. The lowest BCUT2D eigenvalue weighted by molar-refractivity contribution is -0.116. The van der Waals surface area contributed by atoms with Crippen LogP contribution in [0.2, 0.25) is 0 Å². The molecule has 0 saturated heterocycles. The maximum atomic E-state index is 12.7. The van der Waals surface area contributed by atoms with E-state index in [0.29, 0.717) is 6.42 Å². The summed E-state index contributed by atoms with van der Waals surface area (Å²) in [6.07, 6.45) is 0.328. The smallest absolute Gasteiger partial charge is 0.225 e. The third kappa shape index (κ3) is 5.14. The lowest BCUT2D eigenvalue weighted by atomic mass is 9.88. The van der Waals surface area contributed by atoms with Gasteiger partial charge in [-0.25, -0.2) is 0 Å². The van der Waals surface area contributed by atoms with Crippen molar-refractivity contribution in [3.05, 3.63) is 88.4 Å². The van der Waals surface area contributed by atoms with E-state index in [2.05, 4.69) is 21.2 Å². The quantitative estimate of drug-likeness (QED) is 0.518. The molecule has 0 aromatic heterocycles.